The fourth-order valence-corrected chi connectivity index (χ4v) is 2.22. The maximum atomic E-state index is 13.7. The molecule has 0 unspecified atom stereocenters. The van der Waals surface area contributed by atoms with Gasteiger partial charge in [-0.2, -0.15) is 0 Å². The zero-order valence-corrected chi connectivity index (χ0v) is 13.7. The predicted octanol–water partition coefficient (Wildman–Crippen LogP) is 4.91. The summed E-state index contributed by atoms with van der Waals surface area (Å²) >= 11 is 0. The molecule has 0 aliphatic carbocycles. The second kappa shape index (κ2) is 7.59. The van der Waals surface area contributed by atoms with E-state index in [9.17, 15) is 31.1 Å². The summed E-state index contributed by atoms with van der Waals surface area (Å²) < 4.78 is 79.8. The first kappa shape index (κ1) is 19.2. The van der Waals surface area contributed by atoms with E-state index < -0.39 is 52.2 Å². The van der Waals surface area contributed by atoms with Gasteiger partial charge in [0.05, 0.1) is 11.4 Å². The number of benzene rings is 2. The number of carbonyl (C=O) groups excluding carboxylic acids is 1. The molecule has 4 nitrogen and oxygen atoms in total. The van der Waals surface area contributed by atoms with Crippen molar-refractivity contribution in [3.05, 3.63) is 83.2 Å². The highest BCUT2D eigenvalue weighted by Gasteiger charge is 2.18. The second-order valence-corrected chi connectivity index (χ2v) is 5.45. The van der Waals surface area contributed by atoms with Crippen molar-refractivity contribution in [2.75, 3.05) is 10.6 Å². The van der Waals surface area contributed by atoms with Gasteiger partial charge in [-0.1, -0.05) is 0 Å². The summed E-state index contributed by atoms with van der Waals surface area (Å²) in [4.78, 5) is 15.9. The number of rotatable bonds is 4. The fraction of sp³-hybridized carbons (Fsp3) is 0. The summed E-state index contributed by atoms with van der Waals surface area (Å²) in [6.45, 7) is 0. The SMILES string of the molecule is O=C(Nc1ccc(F)c(F)c1F)c1cc(Nc2ccc(F)c(F)c2F)ccn1. The van der Waals surface area contributed by atoms with Gasteiger partial charge in [-0.05, 0) is 36.4 Å². The maximum absolute atomic E-state index is 13.7. The first-order valence-corrected chi connectivity index (χ1v) is 7.59. The van der Waals surface area contributed by atoms with Crippen molar-refractivity contribution in [2.45, 2.75) is 0 Å². The van der Waals surface area contributed by atoms with Crippen LogP contribution in [0.5, 0.6) is 0 Å². The Morgan fingerprint density at radius 2 is 1.32 bits per heavy atom. The zero-order valence-electron chi connectivity index (χ0n) is 13.7. The first-order valence-electron chi connectivity index (χ1n) is 7.59. The molecular weight excluding hydrogens is 388 g/mol. The monoisotopic (exact) mass is 397 g/mol. The average Bonchev–Trinajstić information content (AvgIpc) is 2.69. The third-order valence-electron chi connectivity index (χ3n) is 3.59. The van der Waals surface area contributed by atoms with Crippen LogP contribution in [0.1, 0.15) is 10.5 Å². The number of carbonyl (C=O) groups is 1. The lowest BCUT2D eigenvalue weighted by molar-refractivity contribution is 0.102. The van der Waals surface area contributed by atoms with Crippen molar-refractivity contribution in [1.82, 2.24) is 4.98 Å². The Kier molecular flexibility index (Phi) is 5.21. The second-order valence-electron chi connectivity index (χ2n) is 5.45. The number of amides is 1. The van der Waals surface area contributed by atoms with Gasteiger partial charge in [0.2, 0.25) is 0 Å². The predicted molar refractivity (Wildman–Crippen MR) is 88.1 cm³/mol. The molecule has 0 fully saturated rings. The molecule has 0 aliphatic heterocycles. The molecule has 0 bridgehead atoms. The van der Waals surface area contributed by atoms with Crippen molar-refractivity contribution < 1.29 is 31.1 Å². The molecule has 1 aromatic heterocycles. The summed E-state index contributed by atoms with van der Waals surface area (Å²) in [5.74, 6) is -10.3. The number of aromatic nitrogens is 1. The van der Waals surface area contributed by atoms with E-state index in [1.807, 2.05) is 5.32 Å². The van der Waals surface area contributed by atoms with E-state index in [2.05, 4.69) is 10.3 Å². The number of nitrogens with one attached hydrogen (secondary N) is 2. The number of hydrogen-bond acceptors (Lipinski definition) is 3. The third-order valence-corrected chi connectivity index (χ3v) is 3.59. The quantitative estimate of drug-likeness (QED) is 0.486. The molecule has 3 aromatic rings. The molecule has 144 valence electrons. The van der Waals surface area contributed by atoms with Crippen LogP contribution in [0.25, 0.3) is 0 Å². The molecule has 1 heterocycles. The van der Waals surface area contributed by atoms with Crippen LogP contribution in [0, 0.1) is 34.9 Å². The van der Waals surface area contributed by atoms with Gasteiger partial charge in [0, 0.05) is 11.9 Å². The van der Waals surface area contributed by atoms with Crippen LogP contribution in [0.3, 0.4) is 0 Å². The van der Waals surface area contributed by atoms with Crippen LogP contribution < -0.4 is 10.6 Å². The Morgan fingerprint density at radius 3 is 1.96 bits per heavy atom. The van der Waals surface area contributed by atoms with Gasteiger partial charge in [0.25, 0.3) is 5.91 Å². The standard InChI is InChI=1S/C18H9F6N3O/c19-9-1-3-11(16(23)14(9)21)26-8-5-6-25-13(7-8)18(28)27-12-4-2-10(20)15(22)17(12)24/h1-7H,(H,25,26)(H,27,28). The van der Waals surface area contributed by atoms with E-state index in [1.54, 1.807) is 0 Å². The molecule has 0 radical (unpaired) electrons. The van der Waals surface area contributed by atoms with E-state index >= 15 is 0 Å². The van der Waals surface area contributed by atoms with Crippen molar-refractivity contribution in [2.24, 2.45) is 0 Å². The Balaban J connectivity index is 1.83. The lowest BCUT2D eigenvalue weighted by atomic mass is 10.2. The molecule has 0 atom stereocenters. The van der Waals surface area contributed by atoms with Crippen LogP contribution in [0.15, 0.2) is 42.6 Å². The van der Waals surface area contributed by atoms with E-state index in [0.29, 0.717) is 12.1 Å². The lowest BCUT2D eigenvalue weighted by Gasteiger charge is -2.10. The minimum atomic E-state index is -1.75. The van der Waals surface area contributed by atoms with Gasteiger partial charge >= 0.3 is 0 Å². The molecular formula is C18H9F6N3O. The third kappa shape index (κ3) is 3.75. The largest absolute Gasteiger partial charge is 0.353 e. The van der Waals surface area contributed by atoms with Gasteiger partial charge in [0.1, 0.15) is 5.69 Å². The Hall–Kier alpha value is -3.56. The fourth-order valence-electron chi connectivity index (χ4n) is 2.22. The highest BCUT2D eigenvalue weighted by molar-refractivity contribution is 6.03. The summed E-state index contributed by atoms with van der Waals surface area (Å²) in [6.07, 6.45) is 1.14. The van der Waals surface area contributed by atoms with Crippen molar-refractivity contribution in [3.63, 3.8) is 0 Å². The number of pyridine rings is 1. The number of nitrogens with zero attached hydrogens (tertiary/aromatic N) is 1. The van der Waals surface area contributed by atoms with Crippen molar-refractivity contribution in [3.8, 4) is 0 Å². The average molecular weight is 397 g/mol. The van der Waals surface area contributed by atoms with Gasteiger partial charge in [-0.25, -0.2) is 26.3 Å². The highest BCUT2D eigenvalue weighted by atomic mass is 19.2. The normalized spacial score (nSPS) is 10.6. The first-order chi connectivity index (χ1) is 13.3. The van der Waals surface area contributed by atoms with E-state index in [-0.39, 0.29) is 11.4 Å². The van der Waals surface area contributed by atoms with Crippen molar-refractivity contribution in [1.29, 1.82) is 0 Å². The van der Waals surface area contributed by atoms with Crippen LogP contribution in [-0.4, -0.2) is 10.9 Å². The molecule has 2 N–H and O–H groups in total. The van der Waals surface area contributed by atoms with E-state index in [1.165, 1.54) is 6.07 Å². The van der Waals surface area contributed by atoms with Gasteiger partial charge in [-0.3, -0.25) is 9.78 Å². The van der Waals surface area contributed by atoms with Gasteiger partial charge in [-0.15, -0.1) is 0 Å². The molecule has 2 aromatic carbocycles. The summed E-state index contributed by atoms with van der Waals surface area (Å²) in [5, 5.41) is 4.46. The minimum absolute atomic E-state index is 0.0795. The molecule has 3 rings (SSSR count). The van der Waals surface area contributed by atoms with Gasteiger partial charge in [0.15, 0.2) is 34.9 Å². The summed E-state index contributed by atoms with van der Waals surface area (Å²) in [5.41, 5.74) is -1.23. The minimum Gasteiger partial charge on any atom is -0.353 e. The lowest BCUT2D eigenvalue weighted by Crippen LogP contribution is -2.15. The van der Waals surface area contributed by atoms with Crippen LogP contribution in [0.2, 0.25) is 0 Å². The van der Waals surface area contributed by atoms with Crippen LogP contribution in [-0.2, 0) is 0 Å². The van der Waals surface area contributed by atoms with Crippen LogP contribution in [0.4, 0.5) is 43.4 Å². The molecule has 10 heteroatoms. The van der Waals surface area contributed by atoms with E-state index in [0.717, 1.165) is 24.4 Å². The van der Waals surface area contributed by atoms with Crippen molar-refractivity contribution >= 4 is 23.0 Å². The number of halogens is 6. The molecule has 28 heavy (non-hydrogen) atoms. The summed E-state index contributed by atoms with van der Waals surface area (Å²) in [6, 6.07) is 5.52. The molecule has 0 aliphatic rings. The Bertz CT molecular complexity index is 1070. The smallest absolute Gasteiger partial charge is 0.274 e. The number of anilines is 3. The zero-order chi connectivity index (χ0) is 20.4. The topological polar surface area (TPSA) is 54.0 Å². The molecule has 0 saturated carbocycles. The number of hydrogen-bond donors (Lipinski definition) is 2. The molecule has 1 amide bonds. The Labute approximate surface area is 153 Å². The van der Waals surface area contributed by atoms with E-state index in [4.69, 9.17) is 0 Å². The molecule has 0 spiro atoms. The Morgan fingerprint density at radius 1 is 0.750 bits per heavy atom. The van der Waals surface area contributed by atoms with Crippen LogP contribution >= 0.6 is 0 Å². The van der Waals surface area contributed by atoms with Gasteiger partial charge < -0.3 is 10.6 Å². The molecule has 0 saturated heterocycles. The summed E-state index contributed by atoms with van der Waals surface area (Å²) in [7, 11) is 0. The maximum Gasteiger partial charge on any atom is 0.274 e. The highest BCUT2D eigenvalue weighted by Crippen LogP contribution is 2.24.